The molecule has 0 aliphatic carbocycles. The van der Waals surface area contributed by atoms with Gasteiger partial charge in [0.05, 0.1) is 26.5 Å². The Kier molecular flexibility index (Phi) is 6.11. The lowest BCUT2D eigenvalue weighted by molar-refractivity contribution is -0.119. The molecule has 0 bridgehead atoms. The summed E-state index contributed by atoms with van der Waals surface area (Å²) in [5.74, 6) is 1.37. The van der Waals surface area contributed by atoms with E-state index in [0.717, 1.165) is 39.2 Å². The Morgan fingerprint density at radius 3 is 2.25 bits per heavy atom. The fourth-order valence-corrected chi connectivity index (χ4v) is 2.72. The first-order chi connectivity index (χ1) is 13.6. The molecule has 0 aromatic heterocycles. The van der Waals surface area contributed by atoms with Crippen LogP contribution in [0.5, 0.6) is 11.5 Å². The minimum atomic E-state index is -0.222. The second kappa shape index (κ2) is 8.90. The van der Waals surface area contributed by atoms with Crippen LogP contribution >= 0.6 is 0 Å². The number of amides is 1. The summed E-state index contributed by atoms with van der Waals surface area (Å²) in [5.41, 5.74) is 5.09. The van der Waals surface area contributed by atoms with Crippen LogP contribution in [-0.2, 0) is 4.79 Å². The molecule has 6 nitrogen and oxygen atoms in total. The van der Waals surface area contributed by atoms with Crippen LogP contribution in [0.1, 0.15) is 12.5 Å². The highest BCUT2D eigenvalue weighted by molar-refractivity contribution is 6.02. The zero-order chi connectivity index (χ0) is 19.9. The molecule has 0 heterocycles. The monoisotopic (exact) mass is 377 g/mol. The summed E-state index contributed by atoms with van der Waals surface area (Å²) >= 11 is 0. The van der Waals surface area contributed by atoms with Crippen molar-refractivity contribution in [2.75, 3.05) is 26.1 Å². The van der Waals surface area contributed by atoms with E-state index in [1.54, 1.807) is 14.2 Å². The van der Waals surface area contributed by atoms with Crippen molar-refractivity contribution in [3.05, 3.63) is 66.2 Å². The van der Waals surface area contributed by atoms with Crippen LogP contribution in [0.4, 0.5) is 5.69 Å². The third-order valence-corrected chi connectivity index (χ3v) is 4.36. The third kappa shape index (κ3) is 4.79. The summed E-state index contributed by atoms with van der Waals surface area (Å²) in [6.07, 6.45) is 0. The van der Waals surface area contributed by atoms with Crippen LogP contribution in [0.25, 0.3) is 10.8 Å². The van der Waals surface area contributed by atoms with Gasteiger partial charge in [-0.25, -0.2) is 5.43 Å². The van der Waals surface area contributed by atoms with Crippen LogP contribution in [-0.4, -0.2) is 32.4 Å². The fourth-order valence-electron chi connectivity index (χ4n) is 2.72. The molecule has 0 aliphatic rings. The van der Waals surface area contributed by atoms with Gasteiger partial charge in [-0.3, -0.25) is 4.79 Å². The molecule has 0 atom stereocenters. The topological polar surface area (TPSA) is 72.0 Å². The molecule has 2 N–H and O–H groups in total. The van der Waals surface area contributed by atoms with Gasteiger partial charge in [0, 0.05) is 5.69 Å². The second-order valence-corrected chi connectivity index (χ2v) is 6.24. The van der Waals surface area contributed by atoms with Gasteiger partial charge >= 0.3 is 0 Å². The lowest BCUT2D eigenvalue weighted by Crippen LogP contribution is -2.26. The largest absolute Gasteiger partial charge is 0.497 e. The van der Waals surface area contributed by atoms with Crippen molar-refractivity contribution in [3.8, 4) is 11.5 Å². The molecule has 0 saturated carbocycles. The zero-order valence-corrected chi connectivity index (χ0v) is 16.2. The minimum absolute atomic E-state index is 0.126. The Balaban J connectivity index is 1.59. The number of methoxy groups -OCH3 is 2. The number of ether oxygens (including phenoxy) is 2. The Morgan fingerprint density at radius 2 is 1.54 bits per heavy atom. The molecule has 0 fully saturated rings. The van der Waals surface area contributed by atoms with E-state index in [0.29, 0.717) is 0 Å². The smallest absolute Gasteiger partial charge is 0.259 e. The number of hydrogen-bond donors (Lipinski definition) is 2. The summed E-state index contributed by atoms with van der Waals surface area (Å²) in [6, 6.07) is 19.3. The van der Waals surface area contributed by atoms with E-state index >= 15 is 0 Å². The highest BCUT2D eigenvalue weighted by Crippen LogP contribution is 2.22. The number of nitrogens with one attached hydrogen (secondary N) is 2. The fraction of sp³-hybridized carbons (Fsp3) is 0.182. The number of hydrogen-bond acceptors (Lipinski definition) is 5. The number of carbonyl (C=O) groups is 1. The molecule has 3 aromatic carbocycles. The standard InChI is InChI=1S/C22H23N3O3/c1-15(16-4-5-18-13-21(28-3)9-6-17(18)12-16)24-25-22(26)14-23-19-7-10-20(27-2)11-8-19/h4-13,23H,14H2,1-3H3,(H,25,26)/b24-15+. The van der Waals surface area contributed by atoms with Gasteiger partial charge < -0.3 is 14.8 Å². The van der Waals surface area contributed by atoms with Crippen molar-refractivity contribution < 1.29 is 14.3 Å². The van der Waals surface area contributed by atoms with Gasteiger partial charge in [0.15, 0.2) is 0 Å². The second-order valence-electron chi connectivity index (χ2n) is 6.24. The van der Waals surface area contributed by atoms with E-state index in [1.807, 2.05) is 67.6 Å². The molecule has 0 unspecified atom stereocenters. The number of fused-ring (bicyclic) bond motifs is 1. The Morgan fingerprint density at radius 1 is 0.893 bits per heavy atom. The van der Waals surface area contributed by atoms with E-state index in [9.17, 15) is 4.79 Å². The average Bonchev–Trinajstić information content (AvgIpc) is 2.75. The van der Waals surface area contributed by atoms with Gasteiger partial charge in [0.1, 0.15) is 11.5 Å². The van der Waals surface area contributed by atoms with Crippen molar-refractivity contribution in [1.82, 2.24) is 5.43 Å². The molecule has 144 valence electrons. The summed E-state index contributed by atoms with van der Waals surface area (Å²) in [5, 5.41) is 9.42. The number of anilines is 1. The van der Waals surface area contributed by atoms with E-state index < -0.39 is 0 Å². The van der Waals surface area contributed by atoms with E-state index in [4.69, 9.17) is 9.47 Å². The SMILES string of the molecule is COc1ccc(NCC(=O)N/N=C(\C)c2ccc3cc(OC)ccc3c2)cc1. The maximum absolute atomic E-state index is 12.0. The van der Waals surface area contributed by atoms with Crippen LogP contribution < -0.4 is 20.2 Å². The van der Waals surface area contributed by atoms with Crippen LogP contribution in [0.3, 0.4) is 0 Å². The van der Waals surface area contributed by atoms with Crippen molar-refractivity contribution in [3.63, 3.8) is 0 Å². The molecule has 0 spiro atoms. The first-order valence-electron chi connectivity index (χ1n) is 8.88. The Bertz CT molecular complexity index is 998. The van der Waals surface area contributed by atoms with Crippen molar-refractivity contribution in [2.45, 2.75) is 6.92 Å². The molecule has 28 heavy (non-hydrogen) atoms. The Hall–Kier alpha value is -3.54. The maximum Gasteiger partial charge on any atom is 0.259 e. The van der Waals surface area contributed by atoms with E-state index in [2.05, 4.69) is 15.8 Å². The summed E-state index contributed by atoms with van der Waals surface area (Å²) in [7, 11) is 3.27. The predicted octanol–water partition coefficient (Wildman–Crippen LogP) is 3.81. The first kappa shape index (κ1) is 19.2. The van der Waals surface area contributed by atoms with Gasteiger partial charge in [-0.05, 0) is 65.7 Å². The van der Waals surface area contributed by atoms with Crippen LogP contribution in [0.2, 0.25) is 0 Å². The van der Waals surface area contributed by atoms with Crippen molar-refractivity contribution in [2.24, 2.45) is 5.10 Å². The summed E-state index contributed by atoms with van der Waals surface area (Å²) in [6.45, 7) is 1.99. The van der Waals surface area contributed by atoms with Crippen molar-refractivity contribution >= 4 is 28.1 Å². The highest BCUT2D eigenvalue weighted by Gasteiger charge is 2.04. The van der Waals surface area contributed by atoms with Crippen LogP contribution in [0, 0.1) is 0 Å². The predicted molar refractivity (Wildman–Crippen MR) is 112 cm³/mol. The highest BCUT2D eigenvalue weighted by atomic mass is 16.5. The molecular weight excluding hydrogens is 354 g/mol. The lowest BCUT2D eigenvalue weighted by Gasteiger charge is -2.08. The number of hydrazone groups is 1. The number of nitrogens with zero attached hydrogens (tertiary/aromatic N) is 1. The Labute approximate surface area is 164 Å². The number of carbonyl (C=O) groups excluding carboxylic acids is 1. The lowest BCUT2D eigenvalue weighted by atomic mass is 10.0. The molecular formula is C22H23N3O3. The minimum Gasteiger partial charge on any atom is -0.497 e. The average molecular weight is 377 g/mol. The molecule has 6 heteroatoms. The molecule has 0 saturated heterocycles. The van der Waals surface area contributed by atoms with Gasteiger partial charge in [-0.2, -0.15) is 5.10 Å². The quantitative estimate of drug-likeness (QED) is 0.485. The maximum atomic E-state index is 12.0. The van der Waals surface area contributed by atoms with Crippen molar-refractivity contribution in [1.29, 1.82) is 0 Å². The zero-order valence-electron chi connectivity index (χ0n) is 16.2. The molecule has 3 rings (SSSR count). The molecule has 3 aromatic rings. The van der Waals surface area contributed by atoms with Gasteiger partial charge in [-0.15, -0.1) is 0 Å². The van der Waals surface area contributed by atoms with Gasteiger partial charge in [0.2, 0.25) is 0 Å². The van der Waals surface area contributed by atoms with E-state index in [1.165, 1.54) is 0 Å². The normalized spacial score (nSPS) is 11.2. The van der Waals surface area contributed by atoms with Crippen LogP contribution in [0.15, 0.2) is 65.8 Å². The summed E-state index contributed by atoms with van der Waals surface area (Å²) in [4.78, 5) is 12.0. The first-order valence-corrected chi connectivity index (χ1v) is 8.88. The molecule has 1 amide bonds. The van der Waals surface area contributed by atoms with Gasteiger partial charge in [-0.1, -0.05) is 18.2 Å². The number of benzene rings is 3. The molecule has 0 radical (unpaired) electrons. The van der Waals surface area contributed by atoms with Gasteiger partial charge in [0.25, 0.3) is 5.91 Å². The third-order valence-electron chi connectivity index (χ3n) is 4.36. The summed E-state index contributed by atoms with van der Waals surface area (Å²) < 4.78 is 10.4. The molecule has 0 aliphatic heterocycles. The van der Waals surface area contributed by atoms with E-state index in [-0.39, 0.29) is 12.5 Å². The number of rotatable bonds is 7.